The minimum absolute atomic E-state index is 0.0829. The van der Waals surface area contributed by atoms with Crippen molar-refractivity contribution in [3.8, 4) is 50.7 Å². The molecule has 4 nitrogen and oxygen atoms in total. The first-order chi connectivity index (χ1) is 33.7. The number of aryl methyl sites for hydroxylation is 1. The Labute approximate surface area is 392 Å². The molecule has 68 heavy (non-hydrogen) atoms. The molecule has 0 aliphatic heterocycles. The number of aromatic nitrogens is 3. The summed E-state index contributed by atoms with van der Waals surface area (Å²) in [6, 6.07) is 75.6. The van der Waals surface area contributed by atoms with Gasteiger partial charge < -0.3 is 8.98 Å². The number of hydrogen-bond donors (Lipinski definition) is 0. The molecule has 1 atom stereocenters. The predicted octanol–water partition coefficient (Wildman–Crippen LogP) is 16.4. The third kappa shape index (κ3) is 5.61. The van der Waals surface area contributed by atoms with E-state index in [1.165, 1.54) is 71.2 Å². The molecular weight excluding hydrogens is 827 g/mol. The Bertz CT molecular complexity index is 4250. The number of nitrogens with zero attached hydrogens (tertiary/aromatic N) is 3. The summed E-state index contributed by atoms with van der Waals surface area (Å²) >= 11 is 0. The van der Waals surface area contributed by atoms with Gasteiger partial charge >= 0.3 is 0 Å². The van der Waals surface area contributed by atoms with Crippen LogP contribution in [-0.2, 0) is 12.8 Å². The van der Waals surface area contributed by atoms with Crippen molar-refractivity contribution in [1.82, 2.24) is 14.5 Å². The van der Waals surface area contributed by atoms with Crippen LogP contribution in [0.5, 0.6) is 0 Å². The van der Waals surface area contributed by atoms with Gasteiger partial charge in [-0.2, -0.15) is 0 Å². The van der Waals surface area contributed by atoms with Crippen molar-refractivity contribution < 1.29 is 4.42 Å². The van der Waals surface area contributed by atoms with Gasteiger partial charge in [-0.1, -0.05) is 164 Å². The largest absolute Gasteiger partial charge is 0.455 e. The summed E-state index contributed by atoms with van der Waals surface area (Å²) in [5, 5.41) is 9.54. The van der Waals surface area contributed by atoms with Crippen molar-refractivity contribution in [3.63, 3.8) is 0 Å². The van der Waals surface area contributed by atoms with Gasteiger partial charge in [0.2, 0.25) is 0 Å². The molecule has 0 saturated carbocycles. The van der Waals surface area contributed by atoms with E-state index in [1.54, 1.807) is 0 Å². The van der Waals surface area contributed by atoms with E-state index in [1.807, 2.05) is 0 Å². The van der Waals surface area contributed by atoms with Crippen LogP contribution < -0.4 is 0 Å². The zero-order chi connectivity index (χ0) is 44.5. The van der Waals surface area contributed by atoms with Gasteiger partial charge in [0, 0.05) is 61.8 Å². The summed E-state index contributed by atoms with van der Waals surface area (Å²) in [7, 11) is 0. The molecule has 13 aromatic rings. The Morgan fingerprint density at radius 1 is 0.471 bits per heavy atom. The second-order valence-corrected chi connectivity index (χ2v) is 18.8. The van der Waals surface area contributed by atoms with Crippen LogP contribution in [-0.4, -0.2) is 14.5 Å². The lowest BCUT2D eigenvalue weighted by atomic mass is 9.82. The SMILES string of the molecule is c1ccc(-n2c3ccccc3c3ccc(-c4nc(-c5ccc6ccccc6c5)c5c(n4)-c4c(ccc6c4oc4ccccc46)C4CCc6cc7ccccc7cc6-c6ccc(cc64)C5)cc32)cc1. The van der Waals surface area contributed by atoms with Crippen LogP contribution in [0.3, 0.4) is 0 Å². The molecule has 1 unspecified atom stereocenters. The normalized spacial score (nSPS) is 14.1. The fraction of sp³-hybridized carbons (Fsp3) is 0.0625. The van der Waals surface area contributed by atoms with Crippen molar-refractivity contribution >= 4 is 65.3 Å². The van der Waals surface area contributed by atoms with Gasteiger partial charge in [0.05, 0.1) is 22.4 Å². The van der Waals surface area contributed by atoms with Gasteiger partial charge in [-0.25, -0.2) is 9.97 Å². The Kier molecular flexibility index (Phi) is 7.99. The summed E-state index contributed by atoms with van der Waals surface area (Å²) in [5.41, 5.74) is 19.1. The molecule has 318 valence electrons. The predicted molar refractivity (Wildman–Crippen MR) is 280 cm³/mol. The van der Waals surface area contributed by atoms with Crippen LogP contribution in [0.1, 0.15) is 40.2 Å². The van der Waals surface area contributed by atoms with E-state index in [2.05, 4.69) is 211 Å². The molecular formula is C64H41N3O. The first kappa shape index (κ1) is 37.6. The zero-order valence-electron chi connectivity index (χ0n) is 37.1. The molecule has 0 fully saturated rings. The first-order valence-corrected chi connectivity index (χ1v) is 23.8. The second kappa shape index (κ2) is 14.4. The minimum atomic E-state index is 0.0829. The monoisotopic (exact) mass is 867 g/mol. The average Bonchev–Trinajstić information content (AvgIpc) is 3.90. The van der Waals surface area contributed by atoms with Crippen LogP contribution in [0.15, 0.2) is 211 Å². The summed E-state index contributed by atoms with van der Waals surface area (Å²) < 4.78 is 9.51. The number of hydrogen-bond acceptors (Lipinski definition) is 3. The van der Waals surface area contributed by atoms with E-state index in [0.717, 1.165) is 79.6 Å². The second-order valence-electron chi connectivity index (χ2n) is 18.8. The zero-order valence-corrected chi connectivity index (χ0v) is 37.1. The number of furan rings is 1. The van der Waals surface area contributed by atoms with Gasteiger partial charge in [-0.3, -0.25) is 0 Å². The van der Waals surface area contributed by atoms with E-state index >= 15 is 0 Å². The van der Waals surface area contributed by atoms with Gasteiger partial charge in [0.1, 0.15) is 11.2 Å². The number of rotatable bonds is 3. The van der Waals surface area contributed by atoms with Crippen LogP contribution in [0.2, 0.25) is 0 Å². The van der Waals surface area contributed by atoms with E-state index in [-0.39, 0.29) is 5.92 Å². The molecule has 0 saturated heterocycles. The topological polar surface area (TPSA) is 43.9 Å². The van der Waals surface area contributed by atoms with Crippen LogP contribution in [0, 0.1) is 0 Å². The minimum Gasteiger partial charge on any atom is -0.455 e. The quantitative estimate of drug-likeness (QED) is 0.178. The highest BCUT2D eigenvalue weighted by Gasteiger charge is 2.33. The summed E-state index contributed by atoms with van der Waals surface area (Å²) in [4.78, 5) is 11.6. The van der Waals surface area contributed by atoms with Crippen LogP contribution >= 0.6 is 0 Å². The highest BCUT2D eigenvalue weighted by atomic mass is 16.3. The molecule has 0 N–H and O–H groups in total. The van der Waals surface area contributed by atoms with Crippen molar-refractivity contribution in [2.45, 2.75) is 25.2 Å². The fourth-order valence-electron chi connectivity index (χ4n) is 11.8. The maximum atomic E-state index is 7.13. The van der Waals surface area contributed by atoms with Crippen molar-refractivity contribution in [2.75, 3.05) is 0 Å². The van der Waals surface area contributed by atoms with Crippen molar-refractivity contribution in [2.24, 2.45) is 0 Å². The molecule has 3 aromatic heterocycles. The van der Waals surface area contributed by atoms with E-state index in [0.29, 0.717) is 12.2 Å². The van der Waals surface area contributed by atoms with E-state index < -0.39 is 0 Å². The van der Waals surface area contributed by atoms with Crippen molar-refractivity contribution in [1.29, 1.82) is 0 Å². The highest BCUT2D eigenvalue weighted by Crippen LogP contribution is 2.51. The molecule has 4 heteroatoms. The smallest absolute Gasteiger partial charge is 0.160 e. The maximum absolute atomic E-state index is 7.13. The van der Waals surface area contributed by atoms with Gasteiger partial charge in [0.25, 0.3) is 0 Å². The highest BCUT2D eigenvalue weighted by molar-refractivity contribution is 6.12. The fourth-order valence-corrected chi connectivity index (χ4v) is 11.8. The standard InChI is InChI=1S/C64H41N3O/c1-2-16-46(17-3-1)67-57-20-10-8-18-49(57)50-29-26-45(37-58(50)67)64-65-61(44-24-23-39-12-4-5-13-40(39)35-44)56-33-38-22-27-48-54-36-42-15-7-6-14-41(42)34-43(54)25-28-47(55(48)32-38)52-30-31-53-51-19-9-11-21-59(51)68-63(53)60(52)62(56)66-64/h1-24,26-27,29-32,34-37,47H,25,28,33H2. The Morgan fingerprint density at radius 3 is 2.06 bits per heavy atom. The first-order valence-electron chi connectivity index (χ1n) is 23.8. The van der Waals surface area contributed by atoms with Crippen LogP contribution in [0.25, 0.3) is 116 Å². The molecule has 0 amide bonds. The lowest BCUT2D eigenvalue weighted by molar-refractivity contribution is 0.666. The molecule has 3 heterocycles. The summed E-state index contributed by atoms with van der Waals surface area (Å²) in [6.07, 6.45) is 2.55. The summed E-state index contributed by atoms with van der Waals surface area (Å²) in [5.74, 6) is 0.767. The Hall–Kier alpha value is -8.60. The molecule has 10 aromatic carbocycles. The average molecular weight is 868 g/mol. The number of benzene rings is 10. The number of para-hydroxylation sites is 3. The van der Waals surface area contributed by atoms with E-state index in [9.17, 15) is 0 Å². The van der Waals surface area contributed by atoms with Gasteiger partial charge in [-0.15, -0.1) is 0 Å². The molecule has 2 aliphatic carbocycles. The number of fused-ring (bicyclic) bond motifs is 16. The Balaban J connectivity index is 1.05. The van der Waals surface area contributed by atoms with E-state index in [4.69, 9.17) is 14.4 Å². The molecule has 0 radical (unpaired) electrons. The van der Waals surface area contributed by atoms with Gasteiger partial charge in [0.15, 0.2) is 5.82 Å². The third-order valence-corrected chi connectivity index (χ3v) is 15.0. The lowest BCUT2D eigenvalue weighted by Gasteiger charge is -2.22. The third-order valence-electron chi connectivity index (χ3n) is 15.0. The molecule has 2 aliphatic rings. The molecule has 2 bridgehead atoms. The molecule has 15 rings (SSSR count). The maximum Gasteiger partial charge on any atom is 0.160 e. The van der Waals surface area contributed by atoms with Crippen LogP contribution in [0.4, 0.5) is 0 Å². The summed E-state index contributed by atoms with van der Waals surface area (Å²) in [6.45, 7) is 0. The van der Waals surface area contributed by atoms with Gasteiger partial charge in [-0.05, 0) is 110 Å². The Morgan fingerprint density at radius 2 is 1.18 bits per heavy atom. The lowest BCUT2D eigenvalue weighted by Crippen LogP contribution is -2.07. The molecule has 0 spiro atoms. The van der Waals surface area contributed by atoms with Crippen molar-refractivity contribution in [3.05, 3.63) is 234 Å².